The van der Waals surface area contributed by atoms with E-state index in [1.165, 1.54) is 10.9 Å². The molecule has 1 aromatic heterocycles. The maximum absolute atomic E-state index is 5.46. The number of nitrogens with zero attached hydrogens (tertiary/aromatic N) is 1. The molecule has 0 atom stereocenters. The Labute approximate surface area is 124 Å². The predicted octanol–water partition coefficient (Wildman–Crippen LogP) is 3.11. The molecular formula is C17H20N2O2. The number of hydrogen-bond donors (Lipinski definition) is 1. The molecule has 0 bridgehead atoms. The molecular weight excluding hydrogens is 264 g/mol. The van der Waals surface area contributed by atoms with Crippen LogP contribution in [0.5, 0.6) is 11.5 Å². The quantitative estimate of drug-likeness (QED) is 0.794. The molecule has 2 heterocycles. The summed E-state index contributed by atoms with van der Waals surface area (Å²) in [5.41, 5.74) is 2.38. The second kappa shape index (κ2) is 6.06. The van der Waals surface area contributed by atoms with E-state index in [0.29, 0.717) is 6.79 Å². The topological polar surface area (TPSA) is 37.5 Å². The molecule has 0 aliphatic carbocycles. The maximum atomic E-state index is 5.46. The second-order valence-electron chi connectivity index (χ2n) is 5.15. The van der Waals surface area contributed by atoms with Crippen molar-refractivity contribution in [3.63, 3.8) is 0 Å². The van der Waals surface area contributed by atoms with Gasteiger partial charge in [0.15, 0.2) is 11.5 Å². The van der Waals surface area contributed by atoms with Gasteiger partial charge in [0.2, 0.25) is 6.79 Å². The molecule has 0 unspecified atom stereocenters. The van der Waals surface area contributed by atoms with Gasteiger partial charge in [-0.2, -0.15) is 0 Å². The van der Waals surface area contributed by atoms with Gasteiger partial charge in [0.05, 0.1) is 0 Å². The highest BCUT2D eigenvalue weighted by molar-refractivity contribution is 5.86. The first kappa shape index (κ1) is 13.8. The highest BCUT2D eigenvalue weighted by atomic mass is 16.7. The van der Waals surface area contributed by atoms with Crippen LogP contribution < -0.4 is 9.47 Å². The number of rotatable bonds is 7. The fourth-order valence-corrected chi connectivity index (χ4v) is 2.68. The van der Waals surface area contributed by atoms with Crippen LogP contribution in [0.15, 0.2) is 43.6 Å². The molecule has 1 aliphatic rings. The van der Waals surface area contributed by atoms with E-state index in [0.717, 1.165) is 43.1 Å². The summed E-state index contributed by atoms with van der Waals surface area (Å²) in [5.74, 6) is 1.65. The van der Waals surface area contributed by atoms with Crippen molar-refractivity contribution in [2.24, 2.45) is 0 Å². The molecule has 1 N–H and O–H groups in total. The number of nitrogens with one attached hydrogen (secondary N) is 1. The fourth-order valence-electron chi connectivity index (χ4n) is 2.68. The Morgan fingerprint density at radius 3 is 2.57 bits per heavy atom. The van der Waals surface area contributed by atoms with Crippen LogP contribution in [0.2, 0.25) is 0 Å². The standard InChI is InChI=1S/C17H20N2O2/c1-3-6-19(7-4-2)8-5-13-11-18-15-10-17-16(9-14(13)15)20-12-21-17/h3-4,9-11,18H,1-2,5-8,12H2. The highest BCUT2D eigenvalue weighted by Crippen LogP contribution is 2.36. The number of hydrogen-bond acceptors (Lipinski definition) is 3. The van der Waals surface area contributed by atoms with E-state index < -0.39 is 0 Å². The lowest BCUT2D eigenvalue weighted by atomic mass is 10.1. The van der Waals surface area contributed by atoms with Crippen LogP contribution in [0, 0.1) is 0 Å². The molecule has 0 saturated carbocycles. The average Bonchev–Trinajstić information content (AvgIpc) is 3.09. The number of benzene rings is 1. The van der Waals surface area contributed by atoms with Crippen LogP contribution in [-0.4, -0.2) is 36.3 Å². The second-order valence-corrected chi connectivity index (χ2v) is 5.15. The third kappa shape index (κ3) is 2.81. The minimum Gasteiger partial charge on any atom is -0.454 e. The van der Waals surface area contributed by atoms with Gasteiger partial charge < -0.3 is 14.5 Å². The Bertz CT molecular complexity index is 650. The van der Waals surface area contributed by atoms with Gasteiger partial charge in [0.25, 0.3) is 0 Å². The van der Waals surface area contributed by atoms with E-state index in [1.54, 1.807) is 0 Å². The Hall–Kier alpha value is -2.20. The molecule has 0 spiro atoms. The van der Waals surface area contributed by atoms with Crippen LogP contribution in [0.25, 0.3) is 10.9 Å². The van der Waals surface area contributed by atoms with Gasteiger partial charge in [0, 0.05) is 42.8 Å². The van der Waals surface area contributed by atoms with Crippen molar-refractivity contribution >= 4 is 10.9 Å². The van der Waals surface area contributed by atoms with Crippen LogP contribution in [0.1, 0.15) is 5.56 Å². The molecule has 3 rings (SSSR count). The van der Waals surface area contributed by atoms with Gasteiger partial charge in [-0.3, -0.25) is 4.90 Å². The van der Waals surface area contributed by atoms with Crippen molar-refractivity contribution in [3.05, 3.63) is 49.2 Å². The summed E-state index contributed by atoms with van der Waals surface area (Å²) in [6.07, 6.45) is 6.90. The number of aromatic amines is 1. The van der Waals surface area contributed by atoms with E-state index in [1.807, 2.05) is 18.2 Å². The lowest BCUT2D eigenvalue weighted by Gasteiger charge is -2.18. The van der Waals surface area contributed by atoms with Crippen molar-refractivity contribution in [3.8, 4) is 11.5 Å². The SMILES string of the molecule is C=CCN(CC=C)CCc1c[nH]c2cc3c(cc12)OCO3. The monoisotopic (exact) mass is 284 g/mol. The van der Waals surface area contributed by atoms with E-state index in [2.05, 4.69) is 35.3 Å². The molecule has 21 heavy (non-hydrogen) atoms. The third-order valence-electron chi connectivity index (χ3n) is 3.73. The minimum absolute atomic E-state index is 0.309. The zero-order chi connectivity index (χ0) is 14.7. The van der Waals surface area contributed by atoms with Crippen LogP contribution in [-0.2, 0) is 6.42 Å². The Balaban J connectivity index is 1.77. The van der Waals surface area contributed by atoms with E-state index in [9.17, 15) is 0 Å². The van der Waals surface area contributed by atoms with E-state index >= 15 is 0 Å². The minimum atomic E-state index is 0.309. The van der Waals surface area contributed by atoms with Gasteiger partial charge in [0.1, 0.15) is 0 Å². The Kier molecular flexibility index (Phi) is 3.97. The van der Waals surface area contributed by atoms with Crippen molar-refractivity contribution in [2.45, 2.75) is 6.42 Å². The van der Waals surface area contributed by atoms with Crippen molar-refractivity contribution < 1.29 is 9.47 Å². The number of ether oxygens (including phenoxy) is 2. The molecule has 0 radical (unpaired) electrons. The Morgan fingerprint density at radius 2 is 1.86 bits per heavy atom. The molecule has 4 nitrogen and oxygen atoms in total. The molecule has 0 fully saturated rings. The summed E-state index contributed by atoms with van der Waals surface area (Å²) in [6.45, 7) is 10.6. The average molecular weight is 284 g/mol. The first-order chi connectivity index (χ1) is 10.3. The number of fused-ring (bicyclic) bond motifs is 2. The van der Waals surface area contributed by atoms with E-state index in [4.69, 9.17) is 9.47 Å². The van der Waals surface area contributed by atoms with Crippen LogP contribution in [0.4, 0.5) is 0 Å². The molecule has 1 aliphatic heterocycles. The van der Waals surface area contributed by atoms with Crippen molar-refractivity contribution in [1.82, 2.24) is 9.88 Å². The summed E-state index contributed by atoms with van der Waals surface area (Å²) in [7, 11) is 0. The third-order valence-corrected chi connectivity index (χ3v) is 3.73. The van der Waals surface area contributed by atoms with Gasteiger partial charge in [-0.05, 0) is 18.1 Å². The van der Waals surface area contributed by atoms with Gasteiger partial charge in [-0.15, -0.1) is 13.2 Å². The Morgan fingerprint density at radius 1 is 1.14 bits per heavy atom. The zero-order valence-electron chi connectivity index (χ0n) is 12.1. The van der Waals surface area contributed by atoms with Crippen molar-refractivity contribution in [1.29, 1.82) is 0 Å². The molecule has 110 valence electrons. The molecule has 1 aromatic carbocycles. The smallest absolute Gasteiger partial charge is 0.231 e. The van der Waals surface area contributed by atoms with Gasteiger partial charge >= 0.3 is 0 Å². The normalized spacial score (nSPS) is 13.0. The summed E-state index contributed by atoms with van der Waals surface area (Å²) in [4.78, 5) is 5.62. The van der Waals surface area contributed by atoms with Gasteiger partial charge in [-0.25, -0.2) is 0 Å². The van der Waals surface area contributed by atoms with Crippen LogP contribution in [0.3, 0.4) is 0 Å². The largest absolute Gasteiger partial charge is 0.454 e. The predicted molar refractivity (Wildman–Crippen MR) is 85.0 cm³/mol. The first-order valence-corrected chi connectivity index (χ1v) is 7.15. The highest BCUT2D eigenvalue weighted by Gasteiger charge is 2.16. The first-order valence-electron chi connectivity index (χ1n) is 7.15. The summed E-state index contributed by atoms with van der Waals surface area (Å²) < 4.78 is 10.9. The zero-order valence-corrected chi connectivity index (χ0v) is 12.1. The summed E-state index contributed by atoms with van der Waals surface area (Å²) in [6, 6.07) is 4.07. The molecule has 0 amide bonds. The van der Waals surface area contributed by atoms with Crippen LogP contribution >= 0.6 is 0 Å². The lowest BCUT2D eigenvalue weighted by Crippen LogP contribution is -2.26. The van der Waals surface area contributed by atoms with E-state index in [-0.39, 0.29) is 0 Å². The number of aromatic nitrogens is 1. The summed E-state index contributed by atoms with van der Waals surface area (Å²) >= 11 is 0. The maximum Gasteiger partial charge on any atom is 0.231 e. The molecule has 2 aromatic rings. The summed E-state index contributed by atoms with van der Waals surface area (Å²) in [5, 5.41) is 1.21. The fraction of sp³-hybridized carbons (Fsp3) is 0.294. The molecule has 0 saturated heterocycles. The van der Waals surface area contributed by atoms with Gasteiger partial charge in [-0.1, -0.05) is 12.2 Å². The number of H-pyrrole nitrogens is 1. The lowest BCUT2D eigenvalue weighted by molar-refractivity contribution is 0.174. The van der Waals surface area contributed by atoms with Crippen molar-refractivity contribution in [2.75, 3.05) is 26.4 Å². The molecule has 4 heteroatoms.